The Hall–Kier alpha value is -3.15. The fraction of sp³-hybridized carbons (Fsp3) is 0.250. The highest BCUT2D eigenvalue weighted by atomic mass is 16.7. The standard InChI is InChI=1S/C20H19NO5/c1-12-15-10-18(24-3)17(23-2)8-13(15)6-7-21(12)20(22)14-4-5-16-19(9-14)26-11-25-16/h4-5,8-10H,1,6-7,11H2,2-3H3. The molecule has 0 aliphatic carbocycles. The van der Waals surface area contributed by atoms with Crippen LogP contribution >= 0.6 is 0 Å². The average Bonchev–Trinajstić information content (AvgIpc) is 3.14. The van der Waals surface area contributed by atoms with E-state index in [1.807, 2.05) is 12.1 Å². The van der Waals surface area contributed by atoms with Crippen LogP contribution in [0.5, 0.6) is 23.0 Å². The van der Waals surface area contributed by atoms with Crippen LogP contribution in [0, 0.1) is 0 Å². The van der Waals surface area contributed by atoms with Gasteiger partial charge in [-0.3, -0.25) is 4.79 Å². The van der Waals surface area contributed by atoms with E-state index in [0.29, 0.717) is 47.2 Å². The third-order valence-electron chi connectivity index (χ3n) is 4.72. The first-order valence-corrected chi connectivity index (χ1v) is 8.28. The Kier molecular flexibility index (Phi) is 3.95. The summed E-state index contributed by atoms with van der Waals surface area (Å²) in [5.74, 6) is 2.42. The number of hydrogen-bond acceptors (Lipinski definition) is 5. The molecule has 2 aliphatic heterocycles. The molecule has 1 amide bonds. The molecular formula is C20H19NO5. The lowest BCUT2D eigenvalue weighted by molar-refractivity contribution is 0.0833. The molecule has 0 atom stereocenters. The highest BCUT2D eigenvalue weighted by molar-refractivity contribution is 6.00. The first-order valence-electron chi connectivity index (χ1n) is 8.28. The van der Waals surface area contributed by atoms with E-state index in [1.165, 1.54) is 0 Å². The van der Waals surface area contributed by atoms with Crippen molar-refractivity contribution >= 4 is 11.6 Å². The molecule has 0 spiro atoms. The van der Waals surface area contributed by atoms with E-state index in [9.17, 15) is 4.79 Å². The van der Waals surface area contributed by atoms with Gasteiger partial charge in [0.15, 0.2) is 23.0 Å². The van der Waals surface area contributed by atoms with Crippen LogP contribution in [0.1, 0.15) is 21.5 Å². The Bertz CT molecular complexity index is 905. The Morgan fingerprint density at radius 1 is 1.08 bits per heavy atom. The van der Waals surface area contributed by atoms with Gasteiger partial charge in [-0.1, -0.05) is 6.58 Å². The number of methoxy groups -OCH3 is 2. The molecule has 2 heterocycles. The van der Waals surface area contributed by atoms with Gasteiger partial charge in [0, 0.05) is 23.4 Å². The molecular weight excluding hydrogens is 334 g/mol. The van der Waals surface area contributed by atoms with Crippen LogP contribution in [-0.4, -0.2) is 38.4 Å². The van der Waals surface area contributed by atoms with Crippen LogP contribution in [0.4, 0.5) is 0 Å². The summed E-state index contributed by atoms with van der Waals surface area (Å²) in [6.45, 7) is 4.87. The van der Waals surface area contributed by atoms with Crippen molar-refractivity contribution in [2.45, 2.75) is 6.42 Å². The zero-order chi connectivity index (χ0) is 18.3. The van der Waals surface area contributed by atoms with Gasteiger partial charge >= 0.3 is 0 Å². The monoisotopic (exact) mass is 353 g/mol. The van der Waals surface area contributed by atoms with E-state index >= 15 is 0 Å². The number of hydrogen-bond donors (Lipinski definition) is 0. The van der Waals surface area contributed by atoms with Gasteiger partial charge in [-0.25, -0.2) is 0 Å². The van der Waals surface area contributed by atoms with Crippen molar-refractivity contribution < 1.29 is 23.7 Å². The number of amides is 1. The van der Waals surface area contributed by atoms with Crippen molar-refractivity contribution in [1.29, 1.82) is 0 Å². The largest absolute Gasteiger partial charge is 0.493 e. The second-order valence-corrected chi connectivity index (χ2v) is 6.09. The Balaban J connectivity index is 1.65. The summed E-state index contributed by atoms with van der Waals surface area (Å²) in [7, 11) is 3.20. The summed E-state index contributed by atoms with van der Waals surface area (Å²) in [6.07, 6.45) is 0.713. The molecule has 0 bridgehead atoms. The van der Waals surface area contributed by atoms with Gasteiger partial charge in [-0.05, 0) is 42.3 Å². The van der Waals surface area contributed by atoms with Gasteiger partial charge in [-0.15, -0.1) is 0 Å². The number of carbonyl (C=O) groups is 1. The maximum absolute atomic E-state index is 13.0. The second-order valence-electron chi connectivity index (χ2n) is 6.09. The summed E-state index contributed by atoms with van der Waals surface area (Å²) in [5, 5.41) is 0. The molecule has 0 fully saturated rings. The van der Waals surface area contributed by atoms with Crippen molar-refractivity contribution in [1.82, 2.24) is 4.90 Å². The number of carbonyl (C=O) groups excluding carboxylic acids is 1. The first-order chi connectivity index (χ1) is 12.6. The van der Waals surface area contributed by atoms with Gasteiger partial charge in [-0.2, -0.15) is 0 Å². The van der Waals surface area contributed by atoms with Crippen LogP contribution in [0.3, 0.4) is 0 Å². The molecule has 2 aromatic rings. The summed E-state index contributed by atoms with van der Waals surface area (Å²) in [4.78, 5) is 14.7. The van der Waals surface area contributed by atoms with Crippen LogP contribution in [-0.2, 0) is 6.42 Å². The topological polar surface area (TPSA) is 57.2 Å². The third-order valence-corrected chi connectivity index (χ3v) is 4.72. The minimum atomic E-state index is -0.117. The minimum absolute atomic E-state index is 0.117. The van der Waals surface area contributed by atoms with Crippen molar-refractivity contribution in [3.8, 4) is 23.0 Å². The molecule has 6 nitrogen and oxygen atoms in total. The van der Waals surface area contributed by atoms with Gasteiger partial charge in [0.2, 0.25) is 6.79 Å². The fourth-order valence-corrected chi connectivity index (χ4v) is 3.32. The van der Waals surface area contributed by atoms with Crippen LogP contribution in [0.2, 0.25) is 0 Å². The number of benzene rings is 2. The summed E-state index contributed by atoms with van der Waals surface area (Å²) < 4.78 is 21.4. The summed E-state index contributed by atoms with van der Waals surface area (Å²) in [5.41, 5.74) is 3.17. The van der Waals surface area contributed by atoms with E-state index in [-0.39, 0.29) is 12.7 Å². The fourth-order valence-electron chi connectivity index (χ4n) is 3.32. The zero-order valence-electron chi connectivity index (χ0n) is 14.7. The lowest BCUT2D eigenvalue weighted by Gasteiger charge is -2.31. The maximum Gasteiger partial charge on any atom is 0.258 e. The normalized spacial score (nSPS) is 14.8. The molecule has 0 radical (unpaired) electrons. The number of ether oxygens (including phenoxy) is 4. The molecule has 0 saturated heterocycles. The van der Waals surface area contributed by atoms with Crippen molar-refractivity contribution in [3.05, 3.63) is 53.6 Å². The molecule has 134 valence electrons. The minimum Gasteiger partial charge on any atom is -0.493 e. The first kappa shape index (κ1) is 16.3. The van der Waals surface area contributed by atoms with E-state index < -0.39 is 0 Å². The van der Waals surface area contributed by atoms with Gasteiger partial charge in [0.05, 0.1) is 14.2 Å². The van der Waals surface area contributed by atoms with Crippen LogP contribution < -0.4 is 18.9 Å². The molecule has 6 heteroatoms. The Labute approximate surface area is 151 Å². The number of fused-ring (bicyclic) bond motifs is 2. The molecule has 2 aromatic carbocycles. The SMILES string of the molecule is C=C1c2cc(OC)c(OC)cc2CCN1C(=O)c1ccc2c(c1)OCO2. The van der Waals surface area contributed by atoms with Crippen molar-refractivity contribution in [2.75, 3.05) is 27.6 Å². The van der Waals surface area contributed by atoms with Crippen LogP contribution in [0.15, 0.2) is 36.9 Å². The summed E-state index contributed by atoms with van der Waals surface area (Å²) >= 11 is 0. The highest BCUT2D eigenvalue weighted by Gasteiger charge is 2.28. The Morgan fingerprint density at radius 2 is 1.81 bits per heavy atom. The average molecular weight is 353 g/mol. The molecule has 0 unspecified atom stereocenters. The van der Waals surface area contributed by atoms with E-state index in [2.05, 4.69) is 6.58 Å². The van der Waals surface area contributed by atoms with Crippen LogP contribution in [0.25, 0.3) is 5.70 Å². The molecule has 26 heavy (non-hydrogen) atoms. The molecule has 0 saturated carbocycles. The van der Waals surface area contributed by atoms with Crippen molar-refractivity contribution in [3.63, 3.8) is 0 Å². The van der Waals surface area contributed by atoms with E-state index in [0.717, 1.165) is 11.1 Å². The smallest absolute Gasteiger partial charge is 0.258 e. The number of nitrogens with zero attached hydrogens (tertiary/aromatic N) is 1. The highest BCUT2D eigenvalue weighted by Crippen LogP contribution is 2.38. The van der Waals surface area contributed by atoms with Gasteiger partial charge < -0.3 is 23.8 Å². The third kappa shape index (κ3) is 2.54. The zero-order valence-corrected chi connectivity index (χ0v) is 14.7. The van der Waals surface area contributed by atoms with Gasteiger partial charge in [0.1, 0.15) is 0 Å². The molecule has 0 aromatic heterocycles. The lowest BCUT2D eigenvalue weighted by atomic mass is 9.95. The van der Waals surface area contributed by atoms with Gasteiger partial charge in [0.25, 0.3) is 5.91 Å². The van der Waals surface area contributed by atoms with Crippen molar-refractivity contribution in [2.24, 2.45) is 0 Å². The molecule has 4 rings (SSSR count). The molecule has 0 N–H and O–H groups in total. The second kappa shape index (κ2) is 6.29. The molecule has 2 aliphatic rings. The predicted molar refractivity (Wildman–Crippen MR) is 95.9 cm³/mol. The lowest BCUT2D eigenvalue weighted by Crippen LogP contribution is -2.34. The number of rotatable bonds is 3. The maximum atomic E-state index is 13.0. The quantitative estimate of drug-likeness (QED) is 0.849. The predicted octanol–water partition coefficient (Wildman–Crippen LogP) is 3.10. The van der Waals surface area contributed by atoms with E-state index in [1.54, 1.807) is 37.3 Å². The Morgan fingerprint density at radius 3 is 2.58 bits per heavy atom. The summed E-state index contributed by atoms with van der Waals surface area (Å²) in [6, 6.07) is 9.02. The van der Waals surface area contributed by atoms with E-state index in [4.69, 9.17) is 18.9 Å².